The van der Waals surface area contributed by atoms with E-state index in [4.69, 9.17) is 11.6 Å². The summed E-state index contributed by atoms with van der Waals surface area (Å²) in [5.41, 5.74) is 2.58. The first-order valence-electron chi connectivity index (χ1n) is 11.7. The normalized spacial score (nSPS) is 11.1. The predicted molar refractivity (Wildman–Crippen MR) is 147 cm³/mol. The van der Waals surface area contributed by atoms with Crippen LogP contribution >= 0.6 is 11.6 Å². The molecule has 0 saturated heterocycles. The van der Waals surface area contributed by atoms with Crippen LogP contribution in [0.5, 0.6) is 0 Å². The summed E-state index contributed by atoms with van der Waals surface area (Å²) in [6, 6.07) is 19.6. The monoisotopic (exact) mass is 532 g/mol. The van der Waals surface area contributed by atoms with Crippen molar-refractivity contribution in [1.82, 2.24) is 15.6 Å². The van der Waals surface area contributed by atoms with Crippen LogP contribution in [-0.2, 0) is 14.4 Å². The molecule has 4 N–H and O–H groups in total. The SMILES string of the molecule is O=C(O)CC(NC(=O)CNC(=O)CCCCNc1ccccn1)c1ccc(-c2ccc(Cl)cc2)cc1.[NaH]. The van der Waals surface area contributed by atoms with Crippen molar-refractivity contribution in [1.29, 1.82) is 0 Å². The van der Waals surface area contributed by atoms with E-state index in [1.54, 1.807) is 30.5 Å². The summed E-state index contributed by atoms with van der Waals surface area (Å²) in [7, 11) is 0. The van der Waals surface area contributed by atoms with Gasteiger partial charge in [-0.2, -0.15) is 0 Å². The van der Waals surface area contributed by atoms with E-state index in [-0.39, 0.29) is 48.4 Å². The fourth-order valence-corrected chi connectivity index (χ4v) is 3.71. The van der Waals surface area contributed by atoms with Crippen molar-refractivity contribution in [3.63, 3.8) is 0 Å². The number of anilines is 1. The molecule has 37 heavy (non-hydrogen) atoms. The fraction of sp³-hybridized carbons (Fsp3) is 0.259. The molecule has 2 amide bonds. The van der Waals surface area contributed by atoms with Crippen LogP contribution in [0.1, 0.15) is 37.3 Å². The molecule has 2 aromatic carbocycles. The molecule has 0 spiro atoms. The Bertz CT molecular complexity index is 1150. The molecule has 0 bridgehead atoms. The van der Waals surface area contributed by atoms with Gasteiger partial charge in [0.05, 0.1) is 19.0 Å². The van der Waals surface area contributed by atoms with E-state index in [0.29, 0.717) is 30.0 Å². The van der Waals surface area contributed by atoms with Gasteiger partial charge in [-0.1, -0.05) is 54.1 Å². The molecule has 1 atom stereocenters. The number of unbranched alkanes of at least 4 members (excludes halogenated alkanes) is 1. The summed E-state index contributed by atoms with van der Waals surface area (Å²) in [6.45, 7) is 0.475. The number of carboxylic acids is 1. The van der Waals surface area contributed by atoms with Crippen LogP contribution in [0.15, 0.2) is 72.9 Å². The van der Waals surface area contributed by atoms with Gasteiger partial charge in [0.25, 0.3) is 0 Å². The van der Waals surface area contributed by atoms with Gasteiger partial charge < -0.3 is 21.1 Å². The minimum absolute atomic E-state index is 0. The summed E-state index contributed by atoms with van der Waals surface area (Å²) in [5.74, 6) is -0.933. The van der Waals surface area contributed by atoms with E-state index in [0.717, 1.165) is 23.4 Å². The number of halogens is 1. The second-order valence-corrected chi connectivity index (χ2v) is 8.66. The number of aliphatic carboxylic acids is 1. The first-order valence-corrected chi connectivity index (χ1v) is 12.1. The molecule has 3 aromatic rings. The molecule has 0 aliphatic heterocycles. The summed E-state index contributed by atoms with van der Waals surface area (Å²) >= 11 is 5.94. The number of pyridine rings is 1. The van der Waals surface area contributed by atoms with Crippen LogP contribution in [-0.4, -0.2) is 70.5 Å². The van der Waals surface area contributed by atoms with Crippen molar-refractivity contribution >= 4 is 64.8 Å². The third kappa shape index (κ3) is 10.9. The molecule has 3 rings (SSSR count). The molecular weight excluding hydrogens is 503 g/mol. The number of hydrogen-bond acceptors (Lipinski definition) is 5. The number of carbonyl (C=O) groups is 3. The molecule has 0 aliphatic rings. The third-order valence-electron chi connectivity index (χ3n) is 5.45. The Kier molecular flexibility index (Phi) is 13.1. The quantitative estimate of drug-likeness (QED) is 0.196. The van der Waals surface area contributed by atoms with Gasteiger partial charge in [-0.15, -0.1) is 0 Å². The van der Waals surface area contributed by atoms with Gasteiger partial charge in [0.2, 0.25) is 11.8 Å². The van der Waals surface area contributed by atoms with E-state index in [9.17, 15) is 19.5 Å². The predicted octanol–water partition coefficient (Wildman–Crippen LogP) is 3.78. The summed E-state index contributed by atoms with van der Waals surface area (Å²) in [4.78, 5) is 40.0. The fourth-order valence-electron chi connectivity index (χ4n) is 3.58. The van der Waals surface area contributed by atoms with Crippen molar-refractivity contribution in [2.24, 2.45) is 0 Å². The molecule has 10 heteroatoms. The van der Waals surface area contributed by atoms with E-state index in [1.807, 2.05) is 42.5 Å². The number of carbonyl (C=O) groups excluding carboxylic acids is 2. The van der Waals surface area contributed by atoms with E-state index in [2.05, 4.69) is 20.9 Å². The van der Waals surface area contributed by atoms with Gasteiger partial charge in [-0.05, 0) is 53.8 Å². The van der Waals surface area contributed by atoms with Gasteiger partial charge in [0.1, 0.15) is 5.82 Å². The molecule has 1 aromatic heterocycles. The van der Waals surface area contributed by atoms with Crippen LogP contribution in [0.4, 0.5) is 5.82 Å². The average molecular weight is 533 g/mol. The topological polar surface area (TPSA) is 120 Å². The number of amides is 2. The first-order chi connectivity index (χ1) is 17.4. The Labute approximate surface area is 243 Å². The number of carboxylic acid groups (broad SMARTS) is 1. The molecule has 0 aliphatic carbocycles. The van der Waals surface area contributed by atoms with Crippen molar-refractivity contribution in [2.75, 3.05) is 18.4 Å². The molecule has 190 valence electrons. The number of aromatic nitrogens is 1. The van der Waals surface area contributed by atoms with Gasteiger partial charge in [0.15, 0.2) is 0 Å². The molecular formula is C27H30ClN4NaO4. The van der Waals surface area contributed by atoms with E-state index >= 15 is 0 Å². The van der Waals surface area contributed by atoms with Gasteiger partial charge in [-0.25, -0.2) is 4.98 Å². The Morgan fingerprint density at radius 1 is 0.892 bits per heavy atom. The summed E-state index contributed by atoms with van der Waals surface area (Å²) in [6.07, 6.45) is 3.17. The number of rotatable bonds is 13. The third-order valence-corrected chi connectivity index (χ3v) is 5.70. The zero-order valence-corrected chi connectivity index (χ0v) is 20.5. The van der Waals surface area contributed by atoms with Crippen LogP contribution in [0, 0.1) is 0 Å². The Morgan fingerprint density at radius 2 is 1.57 bits per heavy atom. The van der Waals surface area contributed by atoms with Crippen LogP contribution in [0.3, 0.4) is 0 Å². The van der Waals surface area contributed by atoms with Crippen molar-refractivity contribution in [2.45, 2.75) is 31.7 Å². The zero-order valence-electron chi connectivity index (χ0n) is 19.7. The van der Waals surface area contributed by atoms with Gasteiger partial charge in [0, 0.05) is 24.2 Å². The number of nitrogens with one attached hydrogen (secondary N) is 3. The van der Waals surface area contributed by atoms with Crippen molar-refractivity contribution in [3.05, 3.63) is 83.5 Å². The Hall–Kier alpha value is -2.91. The average Bonchev–Trinajstić information content (AvgIpc) is 2.88. The molecule has 0 fully saturated rings. The molecule has 1 unspecified atom stereocenters. The van der Waals surface area contributed by atoms with E-state index in [1.165, 1.54) is 0 Å². The molecule has 1 heterocycles. The number of hydrogen-bond donors (Lipinski definition) is 4. The molecule has 0 saturated carbocycles. The maximum absolute atomic E-state index is 12.4. The Balaban J connectivity index is 0.00000481. The van der Waals surface area contributed by atoms with Crippen molar-refractivity contribution in [3.8, 4) is 11.1 Å². The van der Waals surface area contributed by atoms with Crippen LogP contribution in [0.2, 0.25) is 5.02 Å². The zero-order chi connectivity index (χ0) is 25.8. The Morgan fingerprint density at radius 3 is 2.19 bits per heavy atom. The van der Waals surface area contributed by atoms with Gasteiger partial charge in [-0.3, -0.25) is 14.4 Å². The van der Waals surface area contributed by atoms with Crippen molar-refractivity contribution < 1.29 is 19.5 Å². The van der Waals surface area contributed by atoms with Crippen LogP contribution < -0.4 is 16.0 Å². The standard InChI is InChI=1S/C27H29ClN4O4.Na.H/c28-22-13-11-20(12-14-22)19-7-9-21(10-8-19)23(17-27(35)36)32-26(34)18-31-25(33)6-2-4-16-30-24-5-1-3-15-29-24;;/h1,3,5,7-15,23H,2,4,6,16-18H2,(H,29,30)(H,31,33)(H,32,34)(H,35,36);;. The number of nitrogens with zero attached hydrogens (tertiary/aromatic N) is 1. The molecule has 0 radical (unpaired) electrons. The number of benzene rings is 2. The minimum atomic E-state index is -1.04. The summed E-state index contributed by atoms with van der Waals surface area (Å²) in [5, 5.41) is 18.4. The summed E-state index contributed by atoms with van der Waals surface area (Å²) < 4.78 is 0. The second kappa shape index (κ2) is 16.0. The van der Waals surface area contributed by atoms with Crippen LogP contribution in [0.25, 0.3) is 11.1 Å². The first kappa shape index (κ1) is 30.3. The van der Waals surface area contributed by atoms with Gasteiger partial charge >= 0.3 is 35.5 Å². The second-order valence-electron chi connectivity index (χ2n) is 8.22. The van der Waals surface area contributed by atoms with E-state index < -0.39 is 17.9 Å². The maximum atomic E-state index is 12.4. The molecule has 8 nitrogen and oxygen atoms in total.